The molecule has 0 aromatic heterocycles. The van der Waals surface area contributed by atoms with Crippen molar-refractivity contribution in [3.63, 3.8) is 0 Å². The van der Waals surface area contributed by atoms with E-state index < -0.39 is 12.0 Å². The molecule has 0 aliphatic rings. The monoisotopic (exact) mass is 265 g/mol. The van der Waals surface area contributed by atoms with Crippen molar-refractivity contribution >= 4 is 23.6 Å². The van der Waals surface area contributed by atoms with Gasteiger partial charge in [-0.2, -0.15) is 0 Å². The van der Waals surface area contributed by atoms with Crippen molar-refractivity contribution in [1.29, 1.82) is 0 Å². The van der Waals surface area contributed by atoms with E-state index in [0.717, 1.165) is 0 Å². The number of carbonyl (C=O) groups is 3. The molecule has 1 rings (SSSR count). The van der Waals surface area contributed by atoms with Crippen LogP contribution in [0.4, 0.5) is 10.5 Å². The predicted molar refractivity (Wildman–Crippen MR) is 69.2 cm³/mol. The van der Waals surface area contributed by atoms with Gasteiger partial charge in [0.15, 0.2) is 0 Å². The summed E-state index contributed by atoms with van der Waals surface area (Å²) in [6.07, 6.45) is 0. The first-order valence-electron chi connectivity index (χ1n) is 5.53. The fraction of sp³-hybridized carbons (Fsp3) is 0.250. The SMILES string of the molecule is CNC(=O)CNC(=O)Nc1ccc(C)c(C(=O)O)c1. The van der Waals surface area contributed by atoms with Crippen LogP contribution in [0.2, 0.25) is 0 Å². The second-order valence-electron chi connectivity index (χ2n) is 3.82. The molecule has 0 atom stereocenters. The van der Waals surface area contributed by atoms with E-state index in [9.17, 15) is 14.4 Å². The molecule has 1 aromatic rings. The second kappa shape index (κ2) is 6.39. The summed E-state index contributed by atoms with van der Waals surface area (Å²) >= 11 is 0. The Labute approximate surface area is 110 Å². The lowest BCUT2D eigenvalue weighted by Gasteiger charge is -2.08. The third-order valence-corrected chi connectivity index (χ3v) is 2.41. The topological polar surface area (TPSA) is 108 Å². The fourth-order valence-electron chi connectivity index (χ4n) is 1.35. The van der Waals surface area contributed by atoms with Crippen molar-refractivity contribution in [3.05, 3.63) is 29.3 Å². The molecule has 0 heterocycles. The summed E-state index contributed by atoms with van der Waals surface area (Å²) in [5.41, 5.74) is 1.06. The minimum atomic E-state index is -1.06. The molecule has 0 aliphatic heterocycles. The van der Waals surface area contributed by atoms with Crippen LogP contribution in [0.3, 0.4) is 0 Å². The van der Waals surface area contributed by atoms with Crippen LogP contribution in [-0.4, -0.2) is 36.6 Å². The molecule has 0 saturated carbocycles. The van der Waals surface area contributed by atoms with Crippen molar-refractivity contribution < 1.29 is 19.5 Å². The Kier molecular flexibility index (Phi) is 4.87. The van der Waals surface area contributed by atoms with Crippen molar-refractivity contribution in [1.82, 2.24) is 10.6 Å². The molecule has 0 saturated heterocycles. The van der Waals surface area contributed by atoms with Gasteiger partial charge in [-0.15, -0.1) is 0 Å². The smallest absolute Gasteiger partial charge is 0.336 e. The number of carboxylic acids is 1. The highest BCUT2D eigenvalue weighted by atomic mass is 16.4. The maximum Gasteiger partial charge on any atom is 0.336 e. The summed E-state index contributed by atoms with van der Waals surface area (Å²) < 4.78 is 0. The molecule has 102 valence electrons. The van der Waals surface area contributed by atoms with Crippen LogP contribution < -0.4 is 16.0 Å². The number of rotatable bonds is 4. The lowest BCUT2D eigenvalue weighted by Crippen LogP contribution is -2.37. The molecule has 0 fully saturated rings. The van der Waals surface area contributed by atoms with Gasteiger partial charge in [-0.1, -0.05) is 6.07 Å². The highest BCUT2D eigenvalue weighted by molar-refractivity contribution is 5.95. The molecule has 1 aromatic carbocycles. The van der Waals surface area contributed by atoms with Crippen molar-refractivity contribution in [2.75, 3.05) is 18.9 Å². The average molecular weight is 265 g/mol. The van der Waals surface area contributed by atoms with E-state index in [1.807, 2.05) is 0 Å². The summed E-state index contributed by atoms with van der Waals surface area (Å²) in [5, 5.41) is 16.1. The van der Waals surface area contributed by atoms with Crippen LogP contribution >= 0.6 is 0 Å². The zero-order valence-electron chi connectivity index (χ0n) is 10.6. The van der Waals surface area contributed by atoms with Gasteiger partial charge in [0.1, 0.15) is 0 Å². The maximum absolute atomic E-state index is 11.4. The van der Waals surface area contributed by atoms with Crippen molar-refractivity contribution in [3.8, 4) is 0 Å². The molecule has 0 unspecified atom stereocenters. The second-order valence-corrected chi connectivity index (χ2v) is 3.82. The van der Waals surface area contributed by atoms with Gasteiger partial charge in [0.05, 0.1) is 12.1 Å². The number of carbonyl (C=O) groups excluding carboxylic acids is 2. The number of carboxylic acid groups (broad SMARTS) is 1. The zero-order valence-corrected chi connectivity index (χ0v) is 10.6. The summed E-state index contributed by atoms with van der Waals surface area (Å²) in [5.74, 6) is -1.39. The third kappa shape index (κ3) is 4.30. The Balaban J connectivity index is 2.67. The van der Waals surface area contributed by atoms with Crippen LogP contribution in [-0.2, 0) is 4.79 Å². The standard InChI is InChI=1S/C12H15N3O4/c1-7-3-4-8(5-9(7)11(17)18)15-12(19)14-6-10(16)13-2/h3-5H,6H2,1-2H3,(H,13,16)(H,17,18)(H2,14,15,19). The molecule has 0 bridgehead atoms. The summed E-state index contributed by atoms with van der Waals surface area (Å²) in [6, 6.07) is 3.96. The molecular formula is C12H15N3O4. The number of aryl methyl sites for hydroxylation is 1. The predicted octanol–water partition coefficient (Wildman–Crippen LogP) is 0.561. The van der Waals surface area contributed by atoms with Gasteiger partial charge in [-0.05, 0) is 24.6 Å². The molecule has 7 nitrogen and oxygen atoms in total. The molecule has 19 heavy (non-hydrogen) atoms. The highest BCUT2D eigenvalue weighted by Crippen LogP contribution is 2.15. The molecule has 0 radical (unpaired) electrons. The first-order valence-corrected chi connectivity index (χ1v) is 5.53. The number of nitrogens with one attached hydrogen (secondary N) is 3. The molecule has 7 heteroatoms. The van der Waals surface area contributed by atoms with Gasteiger partial charge >= 0.3 is 12.0 Å². The van der Waals surface area contributed by atoms with Gasteiger partial charge in [-0.3, -0.25) is 4.79 Å². The summed E-state index contributed by atoms with van der Waals surface area (Å²) in [4.78, 5) is 33.3. The van der Waals surface area contributed by atoms with Crippen LogP contribution in [0.5, 0.6) is 0 Å². The largest absolute Gasteiger partial charge is 0.478 e. The minimum absolute atomic E-state index is 0.115. The van der Waals surface area contributed by atoms with E-state index in [1.54, 1.807) is 19.1 Å². The van der Waals surface area contributed by atoms with Crippen LogP contribution in [0.15, 0.2) is 18.2 Å². The first kappa shape index (κ1) is 14.5. The number of benzene rings is 1. The normalized spacial score (nSPS) is 9.58. The number of anilines is 1. The van der Waals surface area contributed by atoms with Gasteiger partial charge < -0.3 is 21.1 Å². The van der Waals surface area contributed by atoms with Crippen molar-refractivity contribution in [2.45, 2.75) is 6.92 Å². The third-order valence-electron chi connectivity index (χ3n) is 2.41. The van der Waals surface area contributed by atoms with Crippen LogP contribution in [0, 0.1) is 6.92 Å². The highest BCUT2D eigenvalue weighted by Gasteiger charge is 2.09. The lowest BCUT2D eigenvalue weighted by molar-refractivity contribution is -0.119. The van der Waals surface area contributed by atoms with Crippen molar-refractivity contribution in [2.24, 2.45) is 0 Å². The Morgan fingerprint density at radius 1 is 1.26 bits per heavy atom. The van der Waals surface area contributed by atoms with Crippen LogP contribution in [0.1, 0.15) is 15.9 Å². The van der Waals surface area contributed by atoms with Gasteiger partial charge in [-0.25, -0.2) is 9.59 Å². The Morgan fingerprint density at radius 3 is 2.53 bits per heavy atom. The zero-order chi connectivity index (χ0) is 14.4. The Bertz CT molecular complexity index is 514. The van der Waals surface area contributed by atoms with E-state index in [4.69, 9.17) is 5.11 Å². The number of hydrogen-bond donors (Lipinski definition) is 4. The molecule has 0 spiro atoms. The number of amides is 3. The molecular weight excluding hydrogens is 250 g/mol. The molecule has 4 N–H and O–H groups in total. The van der Waals surface area contributed by atoms with E-state index in [0.29, 0.717) is 11.3 Å². The fourth-order valence-corrected chi connectivity index (χ4v) is 1.35. The van der Waals surface area contributed by atoms with Gasteiger partial charge in [0.2, 0.25) is 5.91 Å². The summed E-state index contributed by atoms with van der Waals surface area (Å²) in [7, 11) is 1.46. The maximum atomic E-state index is 11.4. The number of likely N-dealkylation sites (N-methyl/N-ethyl adjacent to an activating group) is 1. The van der Waals surface area contributed by atoms with E-state index in [2.05, 4.69) is 16.0 Å². The van der Waals surface area contributed by atoms with Gasteiger partial charge in [0, 0.05) is 12.7 Å². The molecule has 0 aliphatic carbocycles. The van der Waals surface area contributed by atoms with E-state index in [1.165, 1.54) is 13.1 Å². The lowest BCUT2D eigenvalue weighted by atomic mass is 10.1. The summed E-state index contributed by atoms with van der Waals surface area (Å²) in [6.45, 7) is 1.51. The quantitative estimate of drug-likeness (QED) is 0.638. The number of aromatic carboxylic acids is 1. The van der Waals surface area contributed by atoms with Crippen LogP contribution in [0.25, 0.3) is 0 Å². The first-order chi connectivity index (χ1) is 8.93. The Hall–Kier alpha value is -2.57. The van der Waals surface area contributed by atoms with Gasteiger partial charge in [0.25, 0.3) is 0 Å². The minimum Gasteiger partial charge on any atom is -0.478 e. The molecule has 3 amide bonds. The average Bonchev–Trinajstić information content (AvgIpc) is 2.37. The Morgan fingerprint density at radius 2 is 1.95 bits per heavy atom. The number of urea groups is 1. The number of hydrogen-bond acceptors (Lipinski definition) is 3. The van der Waals surface area contributed by atoms with E-state index >= 15 is 0 Å². The van der Waals surface area contributed by atoms with E-state index in [-0.39, 0.29) is 18.0 Å².